The Labute approximate surface area is 116 Å². The molecule has 0 atom stereocenters. The van der Waals surface area contributed by atoms with E-state index < -0.39 is 11.9 Å². The number of nitrogens with two attached hydrogens (primary N) is 1. The lowest BCUT2D eigenvalue weighted by molar-refractivity contribution is -0.141. The van der Waals surface area contributed by atoms with E-state index in [0.29, 0.717) is 10.0 Å². The van der Waals surface area contributed by atoms with Crippen LogP contribution in [0.25, 0.3) is 0 Å². The molecule has 8 heteroatoms. The molecule has 100 valence electrons. The number of anilines is 1. The van der Waals surface area contributed by atoms with Gasteiger partial charge in [-0.1, -0.05) is 23.4 Å². The van der Waals surface area contributed by atoms with Crippen LogP contribution in [-0.2, 0) is 6.18 Å². The van der Waals surface area contributed by atoms with E-state index in [0.717, 1.165) is 24.0 Å². The number of nitrogen functional groups attached to an aromatic ring is 1. The summed E-state index contributed by atoms with van der Waals surface area (Å²) in [5.41, 5.74) is 4.74. The summed E-state index contributed by atoms with van der Waals surface area (Å²) in [5, 5.41) is 0.729. The zero-order chi connectivity index (χ0) is 14.0. The Balaban J connectivity index is 2.38. The van der Waals surface area contributed by atoms with Gasteiger partial charge < -0.3 is 5.73 Å². The van der Waals surface area contributed by atoms with E-state index in [1.54, 1.807) is 12.1 Å². The minimum absolute atomic E-state index is 0.139. The summed E-state index contributed by atoms with van der Waals surface area (Å²) >= 11 is 6.86. The van der Waals surface area contributed by atoms with E-state index >= 15 is 0 Å². The number of nitrogens with zero attached hydrogens (tertiary/aromatic N) is 2. The highest BCUT2D eigenvalue weighted by atomic mass is 35.5. The maximum absolute atomic E-state index is 12.6. The van der Waals surface area contributed by atoms with Crippen molar-refractivity contribution in [2.45, 2.75) is 16.1 Å². The molecule has 0 amide bonds. The molecule has 0 bridgehead atoms. The fourth-order valence-corrected chi connectivity index (χ4v) is 2.31. The van der Waals surface area contributed by atoms with Crippen LogP contribution in [0.4, 0.5) is 18.9 Å². The SMILES string of the molecule is Nc1cnc(C(F)(F)F)cc1Sc1ncccc1Cl. The van der Waals surface area contributed by atoms with Crippen molar-refractivity contribution in [3.05, 3.63) is 41.3 Å². The molecule has 0 unspecified atom stereocenters. The number of halogens is 4. The molecule has 0 saturated carbocycles. The standard InChI is InChI=1S/C11H7ClF3N3S/c12-6-2-1-3-17-10(6)19-8-4-9(11(13,14)15)18-5-7(8)16/h1-5H,16H2. The maximum Gasteiger partial charge on any atom is 0.433 e. The maximum atomic E-state index is 12.6. The highest BCUT2D eigenvalue weighted by molar-refractivity contribution is 7.99. The predicted molar refractivity (Wildman–Crippen MR) is 67.0 cm³/mol. The summed E-state index contributed by atoms with van der Waals surface area (Å²) in [5.74, 6) is 0. The van der Waals surface area contributed by atoms with Gasteiger partial charge in [0.25, 0.3) is 0 Å². The zero-order valence-electron chi connectivity index (χ0n) is 9.28. The summed E-state index contributed by atoms with van der Waals surface area (Å²) in [6, 6.07) is 4.10. The highest BCUT2D eigenvalue weighted by Gasteiger charge is 2.33. The molecule has 0 saturated heterocycles. The van der Waals surface area contributed by atoms with E-state index in [2.05, 4.69) is 9.97 Å². The summed E-state index contributed by atoms with van der Waals surface area (Å²) < 4.78 is 37.7. The minimum Gasteiger partial charge on any atom is -0.397 e. The number of pyridine rings is 2. The van der Waals surface area contributed by atoms with Crippen LogP contribution in [0.3, 0.4) is 0 Å². The molecule has 3 nitrogen and oxygen atoms in total. The normalized spacial score (nSPS) is 11.6. The lowest BCUT2D eigenvalue weighted by atomic mass is 10.3. The van der Waals surface area contributed by atoms with Gasteiger partial charge in [0, 0.05) is 11.1 Å². The Kier molecular flexibility index (Phi) is 3.86. The molecule has 2 rings (SSSR count). The van der Waals surface area contributed by atoms with E-state index in [4.69, 9.17) is 17.3 Å². The van der Waals surface area contributed by atoms with Crippen LogP contribution < -0.4 is 5.73 Å². The summed E-state index contributed by atoms with van der Waals surface area (Å²) in [4.78, 5) is 7.45. The molecule has 2 aromatic rings. The van der Waals surface area contributed by atoms with Crippen LogP contribution in [-0.4, -0.2) is 9.97 Å². The van der Waals surface area contributed by atoms with Gasteiger partial charge in [-0.2, -0.15) is 13.2 Å². The Morgan fingerprint density at radius 3 is 2.63 bits per heavy atom. The van der Waals surface area contributed by atoms with Gasteiger partial charge in [-0.3, -0.25) is 0 Å². The fraction of sp³-hybridized carbons (Fsp3) is 0.0909. The molecule has 2 heterocycles. The van der Waals surface area contributed by atoms with E-state index in [9.17, 15) is 13.2 Å². The molecule has 0 aliphatic rings. The molecule has 0 aliphatic heterocycles. The minimum atomic E-state index is -4.52. The van der Waals surface area contributed by atoms with Crippen molar-refractivity contribution in [3.8, 4) is 0 Å². The molecule has 2 N–H and O–H groups in total. The lowest BCUT2D eigenvalue weighted by Gasteiger charge is -2.10. The lowest BCUT2D eigenvalue weighted by Crippen LogP contribution is -2.08. The molecule has 2 aromatic heterocycles. The van der Waals surface area contributed by atoms with Crippen LogP contribution in [0, 0.1) is 0 Å². The summed E-state index contributed by atoms with van der Waals surface area (Å²) in [6.45, 7) is 0. The number of aromatic nitrogens is 2. The molecule has 0 aromatic carbocycles. The molecule has 0 radical (unpaired) electrons. The molecular formula is C11H7ClF3N3S. The van der Waals surface area contributed by atoms with Crippen molar-refractivity contribution in [1.29, 1.82) is 0 Å². The molecule has 0 spiro atoms. The van der Waals surface area contributed by atoms with Crippen molar-refractivity contribution in [1.82, 2.24) is 9.97 Å². The van der Waals surface area contributed by atoms with E-state index in [1.165, 1.54) is 6.20 Å². The predicted octanol–water partition coefficient (Wildman–Crippen LogP) is 3.88. The van der Waals surface area contributed by atoms with Crippen LogP contribution in [0.15, 0.2) is 40.5 Å². The Morgan fingerprint density at radius 2 is 2.00 bits per heavy atom. The first-order chi connectivity index (χ1) is 8.88. The fourth-order valence-electron chi connectivity index (χ4n) is 1.24. The van der Waals surface area contributed by atoms with Crippen LogP contribution >= 0.6 is 23.4 Å². The quantitative estimate of drug-likeness (QED) is 0.914. The first-order valence-corrected chi connectivity index (χ1v) is 6.18. The Morgan fingerprint density at radius 1 is 1.26 bits per heavy atom. The van der Waals surface area contributed by atoms with Crippen molar-refractivity contribution in [3.63, 3.8) is 0 Å². The third-order valence-electron chi connectivity index (χ3n) is 2.12. The number of alkyl halides is 3. The van der Waals surface area contributed by atoms with Crippen molar-refractivity contribution >= 4 is 29.1 Å². The summed E-state index contributed by atoms with van der Waals surface area (Å²) in [7, 11) is 0. The first-order valence-electron chi connectivity index (χ1n) is 4.99. The van der Waals surface area contributed by atoms with E-state index in [-0.39, 0.29) is 10.6 Å². The average molecular weight is 306 g/mol. The van der Waals surface area contributed by atoms with Crippen molar-refractivity contribution < 1.29 is 13.2 Å². The molecule has 0 aliphatic carbocycles. The van der Waals surface area contributed by atoms with Crippen LogP contribution in [0.1, 0.15) is 5.69 Å². The van der Waals surface area contributed by atoms with Gasteiger partial charge >= 0.3 is 6.18 Å². The van der Waals surface area contributed by atoms with Crippen molar-refractivity contribution in [2.75, 3.05) is 5.73 Å². The van der Waals surface area contributed by atoms with Gasteiger partial charge in [-0.15, -0.1) is 0 Å². The molecule has 19 heavy (non-hydrogen) atoms. The highest BCUT2D eigenvalue weighted by Crippen LogP contribution is 2.37. The molecule has 0 fully saturated rings. The zero-order valence-corrected chi connectivity index (χ0v) is 10.9. The second kappa shape index (κ2) is 5.26. The third-order valence-corrected chi connectivity index (χ3v) is 3.63. The van der Waals surface area contributed by atoms with Gasteiger partial charge in [0.15, 0.2) is 0 Å². The van der Waals surface area contributed by atoms with E-state index in [1.807, 2.05) is 0 Å². The van der Waals surface area contributed by atoms with Crippen LogP contribution in [0.2, 0.25) is 5.02 Å². The number of hydrogen-bond acceptors (Lipinski definition) is 4. The van der Waals surface area contributed by atoms with Gasteiger partial charge in [0.05, 0.1) is 16.9 Å². The smallest absolute Gasteiger partial charge is 0.397 e. The average Bonchev–Trinajstić information content (AvgIpc) is 2.33. The second-order valence-corrected chi connectivity index (χ2v) is 4.94. The van der Waals surface area contributed by atoms with Gasteiger partial charge in [0.1, 0.15) is 10.7 Å². The van der Waals surface area contributed by atoms with Gasteiger partial charge in [-0.25, -0.2) is 9.97 Å². The Hall–Kier alpha value is -1.47. The second-order valence-electron chi connectivity index (χ2n) is 3.50. The largest absolute Gasteiger partial charge is 0.433 e. The van der Waals surface area contributed by atoms with Gasteiger partial charge in [-0.05, 0) is 18.2 Å². The van der Waals surface area contributed by atoms with Gasteiger partial charge in [0.2, 0.25) is 0 Å². The Bertz CT molecular complexity index is 604. The van der Waals surface area contributed by atoms with Crippen LogP contribution in [0.5, 0.6) is 0 Å². The third kappa shape index (κ3) is 3.30. The first kappa shape index (κ1) is 14.0. The monoisotopic (exact) mass is 305 g/mol. The number of rotatable bonds is 2. The topological polar surface area (TPSA) is 51.8 Å². The summed E-state index contributed by atoms with van der Waals surface area (Å²) in [6.07, 6.45) is -2.05. The number of hydrogen-bond donors (Lipinski definition) is 1. The van der Waals surface area contributed by atoms with Crippen molar-refractivity contribution in [2.24, 2.45) is 0 Å². The molecular weight excluding hydrogens is 299 g/mol.